The van der Waals surface area contributed by atoms with Crippen LogP contribution in [-0.4, -0.2) is 58.4 Å². The number of aryl methyl sites for hydroxylation is 1. The molecule has 2 saturated heterocycles. The molecule has 4 rings (SSSR count). The monoisotopic (exact) mass is 350 g/mol. The van der Waals surface area contributed by atoms with Gasteiger partial charge in [0.1, 0.15) is 10.4 Å². The van der Waals surface area contributed by atoms with Crippen molar-refractivity contribution in [1.29, 1.82) is 0 Å². The van der Waals surface area contributed by atoms with Gasteiger partial charge in [-0.05, 0) is 19.3 Å². The number of aliphatic carboxylic acids is 1. The maximum absolute atomic E-state index is 12.2. The van der Waals surface area contributed by atoms with Crippen LogP contribution in [0.1, 0.15) is 44.0 Å². The molecule has 1 N–H and O–H groups in total. The zero-order valence-electron chi connectivity index (χ0n) is 14.3. The van der Waals surface area contributed by atoms with E-state index in [4.69, 9.17) is 0 Å². The van der Waals surface area contributed by atoms with Gasteiger partial charge in [0.15, 0.2) is 0 Å². The minimum Gasteiger partial charge on any atom is -0.481 e. The Bertz CT molecular complexity index is 615. The van der Waals surface area contributed by atoms with E-state index in [1.807, 2.05) is 0 Å². The second kappa shape index (κ2) is 6.26. The SMILES string of the molecule is CCCc1nnc(N2C[C@@H]3CN(C4CCCC4)C[C@]3(C(=O)O)C2)s1. The van der Waals surface area contributed by atoms with E-state index in [2.05, 4.69) is 26.9 Å². The van der Waals surface area contributed by atoms with Crippen molar-refractivity contribution < 1.29 is 9.90 Å². The second-order valence-corrected chi connectivity index (χ2v) is 8.68. The average molecular weight is 350 g/mol. The van der Waals surface area contributed by atoms with Gasteiger partial charge in [0, 0.05) is 44.6 Å². The Balaban J connectivity index is 1.51. The van der Waals surface area contributed by atoms with Crippen LogP contribution in [0.3, 0.4) is 0 Å². The third kappa shape index (κ3) is 2.62. The maximum Gasteiger partial charge on any atom is 0.313 e. The van der Waals surface area contributed by atoms with Crippen molar-refractivity contribution in [2.75, 3.05) is 31.1 Å². The zero-order chi connectivity index (χ0) is 16.7. The third-order valence-corrected chi connectivity index (χ3v) is 7.14. The summed E-state index contributed by atoms with van der Waals surface area (Å²) in [5, 5.41) is 20.5. The highest BCUT2D eigenvalue weighted by atomic mass is 32.1. The first-order valence-corrected chi connectivity index (χ1v) is 9.99. The van der Waals surface area contributed by atoms with Crippen LogP contribution in [0.15, 0.2) is 0 Å². The normalized spacial score (nSPS) is 31.0. The van der Waals surface area contributed by atoms with E-state index in [9.17, 15) is 9.90 Å². The van der Waals surface area contributed by atoms with Crippen LogP contribution >= 0.6 is 11.3 Å². The van der Waals surface area contributed by atoms with Gasteiger partial charge in [-0.25, -0.2) is 0 Å². The molecule has 2 atom stereocenters. The first-order chi connectivity index (χ1) is 11.6. The molecule has 132 valence electrons. The molecule has 0 radical (unpaired) electrons. The number of carbonyl (C=O) groups is 1. The smallest absolute Gasteiger partial charge is 0.313 e. The molecule has 6 nitrogen and oxygen atoms in total. The molecule has 0 aromatic carbocycles. The van der Waals surface area contributed by atoms with Crippen LogP contribution in [-0.2, 0) is 11.2 Å². The van der Waals surface area contributed by atoms with Gasteiger partial charge in [-0.1, -0.05) is 31.1 Å². The average Bonchev–Trinajstić information content (AvgIpc) is 3.29. The summed E-state index contributed by atoms with van der Waals surface area (Å²) in [6.45, 7) is 5.15. The fraction of sp³-hybridized carbons (Fsp3) is 0.824. The molecule has 1 aromatic rings. The molecule has 3 heterocycles. The van der Waals surface area contributed by atoms with Crippen molar-refractivity contribution >= 4 is 22.4 Å². The zero-order valence-corrected chi connectivity index (χ0v) is 15.1. The Morgan fingerprint density at radius 1 is 1.29 bits per heavy atom. The standard InChI is InChI=1S/C17H26N4O2S/c1-2-5-14-18-19-16(24-14)21-9-12-8-20(13-6-3-4-7-13)10-17(12,11-21)15(22)23/h12-13H,2-11H2,1H3,(H,22,23)/t12-,17-/m0/s1. The Labute approximate surface area is 146 Å². The lowest BCUT2D eigenvalue weighted by Crippen LogP contribution is -2.42. The van der Waals surface area contributed by atoms with Gasteiger partial charge in [0.2, 0.25) is 5.13 Å². The van der Waals surface area contributed by atoms with Crippen LogP contribution in [0.5, 0.6) is 0 Å². The predicted molar refractivity (Wildman–Crippen MR) is 93.5 cm³/mol. The lowest BCUT2D eigenvalue weighted by atomic mass is 9.81. The molecule has 24 heavy (non-hydrogen) atoms. The molecule has 3 fully saturated rings. The van der Waals surface area contributed by atoms with Crippen LogP contribution in [0.25, 0.3) is 0 Å². The lowest BCUT2D eigenvalue weighted by Gasteiger charge is -2.28. The number of carboxylic acids is 1. The summed E-state index contributed by atoms with van der Waals surface area (Å²) in [6, 6.07) is 0.609. The molecular weight excluding hydrogens is 324 g/mol. The lowest BCUT2D eigenvalue weighted by molar-refractivity contribution is -0.148. The minimum atomic E-state index is -0.631. The van der Waals surface area contributed by atoms with Gasteiger partial charge in [0.05, 0.1) is 0 Å². The number of carboxylic acid groups (broad SMARTS) is 1. The molecule has 1 saturated carbocycles. The quantitative estimate of drug-likeness (QED) is 0.878. The highest BCUT2D eigenvalue weighted by molar-refractivity contribution is 7.15. The number of hydrogen-bond donors (Lipinski definition) is 1. The van der Waals surface area contributed by atoms with Crippen LogP contribution in [0.2, 0.25) is 0 Å². The van der Waals surface area contributed by atoms with Gasteiger partial charge in [0.25, 0.3) is 0 Å². The van der Waals surface area contributed by atoms with E-state index < -0.39 is 11.4 Å². The topological polar surface area (TPSA) is 69.6 Å². The van der Waals surface area contributed by atoms with E-state index in [0.717, 1.165) is 36.1 Å². The van der Waals surface area contributed by atoms with Gasteiger partial charge < -0.3 is 10.0 Å². The first-order valence-electron chi connectivity index (χ1n) is 9.17. The summed E-state index contributed by atoms with van der Waals surface area (Å²) in [5.41, 5.74) is -0.626. The first kappa shape index (κ1) is 16.3. The van der Waals surface area contributed by atoms with E-state index in [0.29, 0.717) is 19.1 Å². The third-order valence-electron chi connectivity index (χ3n) is 6.09. The summed E-state index contributed by atoms with van der Waals surface area (Å²) in [7, 11) is 0. The summed E-state index contributed by atoms with van der Waals surface area (Å²) in [4.78, 5) is 16.8. The number of hydrogen-bond acceptors (Lipinski definition) is 6. The molecule has 0 bridgehead atoms. The van der Waals surface area contributed by atoms with E-state index in [1.165, 1.54) is 25.7 Å². The van der Waals surface area contributed by atoms with Gasteiger partial charge >= 0.3 is 5.97 Å². The highest BCUT2D eigenvalue weighted by Crippen LogP contribution is 2.46. The van der Waals surface area contributed by atoms with E-state index in [-0.39, 0.29) is 5.92 Å². The number of aromatic nitrogens is 2. The van der Waals surface area contributed by atoms with Crippen molar-refractivity contribution in [3.63, 3.8) is 0 Å². The Morgan fingerprint density at radius 2 is 2.08 bits per heavy atom. The van der Waals surface area contributed by atoms with Crippen molar-refractivity contribution in [3.05, 3.63) is 5.01 Å². The summed E-state index contributed by atoms with van der Waals surface area (Å²) >= 11 is 1.63. The largest absolute Gasteiger partial charge is 0.481 e. The van der Waals surface area contributed by atoms with Gasteiger partial charge in [-0.15, -0.1) is 10.2 Å². The number of anilines is 1. The molecule has 7 heteroatoms. The van der Waals surface area contributed by atoms with Crippen molar-refractivity contribution in [3.8, 4) is 0 Å². The second-order valence-electron chi connectivity index (χ2n) is 7.63. The molecule has 0 amide bonds. The molecule has 2 aliphatic heterocycles. The maximum atomic E-state index is 12.2. The summed E-state index contributed by atoms with van der Waals surface area (Å²) < 4.78 is 0. The molecule has 3 aliphatic rings. The summed E-state index contributed by atoms with van der Waals surface area (Å²) in [5.74, 6) is -0.428. The van der Waals surface area contributed by atoms with E-state index in [1.54, 1.807) is 11.3 Å². The summed E-state index contributed by atoms with van der Waals surface area (Å²) in [6.07, 6.45) is 7.08. The Hall–Kier alpha value is -1.21. The minimum absolute atomic E-state index is 0.203. The molecule has 0 unspecified atom stereocenters. The van der Waals surface area contributed by atoms with Crippen LogP contribution in [0.4, 0.5) is 5.13 Å². The molecule has 1 aliphatic carbocycles. The number of nitrogens with zero attached hydrogens (tertiary/aromatic N) is 4. The number of likely N-dealkylation sites (tertiary alicyclic amines) is 1. The van der Waals surface area contributed by atoms with E-state index >= 15 is 0 Å². The predicted octanol–water partition coefficient (Wildman–Crippen LogP) is 2.26. The fourth-order valence-corrected chi connectivity index (χ4v) is 5.74. The number of fused-ring (bicyclic) bond motifs is 1. The van der Waals surface area contributed by atoms with Gasteiger partial charge in [-0.2, -0.15) is 0 Å². The van der Waals surface area contributed by atoms with Crippen molar-refractivity contribution in [2.24, 2.45) is 11.3 Å². The Morgan fingerprint density at radius 3 is 2.75 bits per heavy atom. The number of rotatable bonds is 5. The van der Waals surface area contributed by atoms with Crippen LogP contribution in [0, 0.1) is 11.3 Å². The molecular formula is C17H26N4O2S. The fourth-order valence-electron chi connectivity index (χ4n) is 4.79. The molecule has 1 aromatic heterocycles. The van der Waals surface area contributed by atoms with Gasteiger partial charge in [-0.3, -0.25) is 9.69 Å². The van der Waals surface area contributed by atoms with Crippen molar-refractivity contribution in [1.82, 2.24) is 15.1 Å². The Kier molecular flexibility index (Phi) is 4.24. The van der Waals surface area contributed by atoms with Crippen molar-refractivity contribution in [2.45, 2.75) is 51.5 Å². The molecule has 0 spiro atoms. The van der Waals surface area contributed by atoms with Crippen LogP contribution < -0.4 is 4.90 Å². The highest BCUT2D eigenvalue weighted by Gasteiger charge is 2.59.